The molecule has 1 N–H and O–H groups in total. The molecule has 0 unspecified atom stereocenters. The minimum atomic E-state index is -1.27. The highest BCUT2D eigenvalue weighted by Gasteiger charge is 2.31. The number of methoxy groups -OCH3 is 1. The molecule has 0 heterocycles. The molecule has 1 aromatic carbocycles. The van der Waals surface area contributed by atoms with E-state index >= 15 is 0 Å². The lowest BCUT2D eigenvalue weighted by molar-refractivity contribution is -0.313. The van der Waals surface area contributed by atoms with E-state index in [1.165, 1.54) is 7.11 Å². The normalized spacial score (nSPS) is 20.3. The van der Waals surface area contributed by atoms with Crippen molar-refractivity contribution in [1.29, 1.82) is 0 Å². The quantitative estimate of drug-likeness (QED) is 0.584. The number of hydrogen-bond acceptors (Lipinski definition) is 5. The molecule has 2 rings (SSSR count). The second-order valence-corrected chi connectivity index (χ2v) is 6.80. The molecule has 26 heavy (non-hydrogen) atoms. The van der Waals surface area contributed by atoms with Crippen LogP contribution in [0.5, 0.6) is 0 Å². The number of benzene rings is 1. The molecule has 1 aromatic rings. The number of hydrogen-bond donors (Lipinski definition) is 1. The number of esters is 1. The Morgan fingerprint density at radius 2 is 1.85 bits per heavy atom. The van der Waals surface area contributed by atoms with E-state index in [2.05, 4.69) is 10.1 Å². The lowest BCUT2D eigenvalue weighted by atomic mass is 9.82. The van der Waals surface area contributed by atoms with Crippen LogP contribution in [-0.2, 0) is 19.1 Å². The number of nitrogens with one attached hydrogen (secondary N) is 1. The maximum atomic E-state index is 12.7. The van der Waals surface area contributed by atoms with Crippen molar-refractivity contribution in [3.8, 4) is 0 Å². The van der Waals surface area contributed by atoms with Crippen LogP contribution >= 0.6 is 23.2 Å². The van der Waals surface area contributed by atoms with Crippen molar-refractivity contribution in [2.45, 2.75) is 25.3 Å². The van der Waals surface area contributed by atoms with Gasteiger partial charge in [-0.05, 0) is 30.5 Å². The minimum absolute atomic E-state index is 0.126. The number of allylic oxidation sites excluding steroid dienone is 2. The fourth-order valence-electron chi connectivity index (χ4n) is 2.87. The predicted molar refractivity (Wildman–Crippen MR) is 94.3 cm³/mol. The molecule has 1 aliphatic carbocycles. The molecule has 140 valence electrons. The highest BCUT2D eigenvalue weighted by Crippen LogP contribution is 2.29. The van der Waals surface area contributed by atoms with E-state index in [-0.39, 0.29) is 24.3 Å². The van der Waals surface area contributed by atoms with Crippen LogP contribution in [0, 0.1) is 11.8 Å². The number of rotatable bonds is 6. The summed E-state index contributed by atoms with van der Waals surface area (Å²) in [7, 11) is 1.24. The van der Waals surface area contributed by atoms with Crippen molar-refractivity contribution in [2.75, 3.05) is 7.11 Å². The van der Waals surface area contributed by atoms with Gasteiger partial charge in [0.1, 0.15) is 0 Å². The Balaban J connectivity index is 2.23. The van der Waals surface area contributed by atoms with Gasteiger partial charge >= 0.3 is 5.97 Å². The Labute approximate surface area is 161 Å². The van der Waals surface area contributed by atoms with Gasteiger partial charge in [-0.3, -0.25) is 9.59 Å². The van der Waals surface area contributed by atoms with E-state index in [0.29, 0.717) is 10.6 Å². The maximum Gasteiger partial charge on any atom is 0.307 e. The first-order chi connectivity index (χ1) is 12.3. The zero-order valence-electron chi connectivity index (χ0n) is 14.0. The summed E-state index contributed by atoms with van der Waals surface area (Å²) in [6.45, 7) is 0. The number of carboxylic acid groups (broad SMARTS) is 1. The van der Waals surface area contributed by atoms with Crippen molar-refractivity contribution in [1.82, 2.24) is 5.32 Å². The summed E-state index contributed by atoms with van der Waals surface area (Å²) in [6, 6.07) is 4.02. The molecule has 1 aliphatic rings. The minimum Gasteiger partial charge on any atom is -0.550 e. The van der Waals surface area contributed by atoms with Crippen LogP contribution in [-0.4, -0.2) is 25.0 Å². The number of halogens is 2. The summed E-state index contributed by atoms with van der Waals surface area (Å²) in [5.41, 5.74) is 0.564. The lowest BCUT2D eigenvalue weighted by Gasteiger charge is -2.30. The van der Waals surface area contributed by atoms with E-state index in [4.69, 9.17) is 23.2 Å². The van der Waals surface area contributed by atoms with Crippen molar-refractivity contribution >= 4 is 41.0 Å². The zero-order chi connectivity index (χ0) is 19.3. The Morgan fingerprint density at radius 3 is 2.42 bits per heavy atom. The largest absolute Gasteiger partial charge is 0.550 e. The maximum absolute atomic E-state index is 12.7. The molecule has 0 spiro atoms. The highest BCUT2D eigenvalue weighted by molar-refractivity contribution is 6.42. The third-order valence-electron chi connectivity index (χ3n) is 4.33. The topological polar surface area (TPSA) is 95.5 Å². The monoisotopic (exact) mass is 398 g/mol. The molecule has 6 nitrogen and oxygen atoms in total. The van der Waals surface area contributed by atoms with Crippen LogP contribution in [0.25, 0.3) is 0 Å². The van der Waals surface area contributed by atoms with E-state index in [0.717, 1.165) is 0 Å². The Kier molecular flexibility index (Phi) is 7.06. The van der Waals surface area contributed by atoms with Gasteiger partial charge < -0.3 is 20.0 Å². The molecule has 8 heteroatoms. The molecule has 0 aromatic heterocycles. The summed E-state index contributed by atoms with van der Waals surface area (Å²) in [5, 5.41) is 14.7. The third-order valence-corrected chi connectivity index (χ3v) is 5.07. The van der Waals surface area contributed by atoms with Crippen molar-refractivity contribution in [3.63, 3.8) is 0 Å². The first-order valence-electron chi connectivity index (χ1n) is 8.01. The molecule has 0 bridgehead atoms. The van der Waals surface area contributed by atoms with Gasteiger partial charge in [0.05, 0.1) is 29.6 Å². The van der Waals surface area contributed by atoms with Gasteiger partial charge in [0.2, 0.25) is 5.91 Å². The van der Waals surface area contributed by atoms with Crippen LogP contribution in [0.2, 0.25) is 10.0 Å². The van der Waals surface area contributed by atoms with Crippen LogP contribution in [0.1, 0.15) is 30.9 Å². The molecule has 0 fully saturated rings. The van der Waals surface area contributed by atoms with Gasteiger partial charge in [0.25, 0.3) is 0 Å². The van der Waals surface area contributed by atoms with Crippen LogP contribution in [0.4, 0.5) is 0 Å². The summed E-state index contributed by atoms with van der Waals surface area (Å²) in [5.74, 6) is -3.95. The summed E-state index contributed by atoms with van der Waals surface area (Å²) >= 11 is 11.9. The number of carbonyl (C=O) groups excluding carboxylic acids is 3. The lowest BCUT2D eigenvalue weighted by Crippen LogP contribution is -2.44. The van der Waals surface area contributed by atoms with Gasteiger partial charge in [0, 0.05) is 17.8 Å². The fourth-order valence-corrected chi connectivity index (χ4v) is 3.18. The smallest absolute Gasteiger partial charge is 0.307 e. The highest BCUT2D eigenvalue weighted by atomic mass is 35.5. The second-order valence-electron chi connectivity index (χ2n) is 5.99. The van der Waals surface area contributed by atoms with Gasteiger partial charge in [-0.15, -0.1) is 0 Å². The van der Waals surface area contributed by atoms with Gasteiger partial charge in [-0.2, -0.15) is 0 Å². The summed E-state index contributed by atoms with van der Waals surface area (Å²) in [6.07, 6.45) is 3.87. The molecule has 0 aliphatic heterocycles. The van der Waals surface area contributed by atoms with E-state index < -0.39 is 35.7 Å². The summed E-state index contributed by atoms with van der Waals surface area (Å²) in [4.78, 5) is 35.7. The molecule has 0 saturated carbocycles. The first kappa shape index (κ1) is 20.3. The van der Waals surface area contributed by atoms with Crippen molar-refractivity contribution in [3.05, 3.63) is 46.0 Å². The average Bonchev–Trinajstić information content (AvgIpc) is 2.63. The Bertz CT molecular complexity index is 734. The molecular formula is C18H18Cl2NO5-. The number of carbonyl (C=O) groups is 3. The zero-order valence-corrected chi connectivity index (χ0v) is 15.5. The Hall–Kier alpha value is -2.05. The first-order valence-corrected chi connectivity index (χ1v) is 8.77. The standard InChI is InChI=1S/C18H19Cl2NO5/c1-26-16(22)9-15(10-6-7-13(19)14(20)8-10)21-17(23)11-4-2-3-5-12(11)18(24)25/h2-3,6-8,11-12,15H,4-5,9H2,1H3,(H,21,23)(H,24,25)/p-1/t11-,12+,15+/m1/s1. The van der Waals surface area contributed by atoms with E-state index in [9.17, 15) is 19.5 Å². The number of ether oxygens (including phenoxy) is 1. The van der Waals surface area contributed by atoms with Crippen molar-refractivity contribution in [2.24, 2.45) is 11.8 Å². The third kappa shape index (κ3) is 4.99. The van der Waals surface area contributed by atoms with Crippen LogP contribution in [0.15, 0.2) is 30.4 Å². The number of aliphatic carboxylic acids is 1. The number of amides is 1. The fraction of sp³-hybridized carbons (Fsp3) is 0.389. The van der Waals surface area contributed by atoms with Crippen LogP contribution < -0.4 is 10.4 Å². The van der Waals surface area contributed by atoms with Crippen LogP contribution in [0.3, 0.4) is 0 Å². The van der Waals surface area contributed by atoms with E-state index in [1.54, 1.807) is 30.4 Å². The molecule has 1 amide bonds. The molecule has 0 saturated heterocycles. The molecule has 3 atom stereocenters. The van der Waals surface area contributed by atoms with Gasteiger partial charge in [-0.25, -0.2) is 0 Å². The SMILES string of the molecule is COC(=O)C[C@H](NC(=O)[C@@H]1CC=CC[C@@H]1C(=O)[O-])c1ccc(Cl)c(Cl)c1. The molecular weight excluding hydrogens is 381 g/mol. The van der Waals surface area contributed by atoms with Crippen molar-refractivity contribution < 1.29 is 24.2 Å². The average molecular weight is 399 g/mol. The summed E-state index contributed by atoms with van der Waals surface area (Å²) < 4.78 is 4.68. The number of carboxylic acids is 1. The molecule has 0 radical (unpaired) electrons. The van der Waals surface area contributed by atoms with Gasteiger partial charge in [0.15, 0.2) is 0 Å². The predicted octanol–water partition coefficient (Wildman–Crippen LogP) is 2.05. The second kappa shape index (κ2) is 9.05. The Morgan fingerprint density at radius 1 is 1.19 bits per heavy atom. The van der Waals surface area contributed by atoms with Gasteiger partial charge in [-0.1, -0.05) is 41.4 Å². The van der Waals surface area contributed by atoms with E-state index in [1.807, 2.05) is 0 Å².